The van der Waals surface area contributed by atoms with Gasteiger partial charge in [-0.25, -0.2) is 4.98 Å². The maximum atomic E-state index is 12.7. The van der Waals surface area contributed by atoms with E-state index in [1.54, 1.807) is 32.4 Å². The summed E-state index contributed by atoms with van der Waals surface area (Å²) in [5.41, 5.74) is 4.89. The number of nitrogens with zero attached hydrogens (tertiary/aromatic N) is 2. The molecular formula is C30H35N3O4. The molecule has 3 aromatic carbocycles. The van der Waals surface area contributed by atoms with Crippen LogP contribution < -0.4 is 19.5 Å². The molecule has 7 heteroatoms. The first-order chi connectivity index (χ1) is 17.9. The average molecular weight is 502 g/mol. The zero-order valence-electron chi connectivity index (χ0n) is 22.2. The lowest BCUT2D eigenvalue weighted by molar-refractivity contribution is 0.0953. The third kappa shape index (κ3) is 6.05. The van der Waals surface area contributed by atoms with Crippen molar-refractivity contribution in [1.29, 1.82) is 0 Å². The Kier molecular flexibility index (Phi) is 8.33. The van der Waals surface area contributed by atoms with Gasteiger partial charge in [0.25, 0.3) is 5.91 Å². The van der Waals surface area contributed by atoms with Crippen molar-refractivity contribution in [2.24, 2.45) is 0 Å². The summed E-state index contributed by atoms with van der Waals surface area (Å²) in [5, 5.41) is 3.00. The van der Waals surface area contributed by atoms with Gasteiger partial charge in [-0.15, -0.1) is 0 Å². The predicted octanol–water partition coefficient (Wildman–Crippen LogP) is 5.54. The molecule has 0 saturated heterocycles. The van der Waals surface area contributed by atoms with E-state index in [-0.39, 0.29) is 5.91 Å². The van der Waals surface area contributed by atoms with E-state index in [9.17, 15) is 4.79 Å². The van der Waals surface area contributed by atoms with Crippen molar-refractivity contribution in [3.63, 3.8) is 0 Å². The number of carbonyl (C=O) groups is 1. The fourth-order valence-corrected chi connectivity index (χ4v) is 4.42. The Morgan fingerprint density at radius 2 is 1.76 bits per heavy atom. The number of fused-ring (bicyclic) bond motifs is 1. The quantitative estimate of drug-likeness (QED) is 0.292. The topological polar surface area (TPSA) is 74.6 Å². The maximum absolute atomic E-state index is 12.7. The Morgan fingerprint density at radius 3 is 2.51 bits per heavy atom. The number of rotatable bonds is 11. The van der Waals surface area contributed by atoms with Crippen LogP contribution in [-0.4, -0.2) is 42.8 Å². The number of carbonyl (C=O) groups excluding carboxylic acids is 1. The minimum Gasteiger partial charge on any atom is -0.493 e. The lowest BCUT2D eigenvalue weighted by Gasteiger charge is -2.16. The lowest BCUT2D eigenvalue weighted by Crippen LogP contribution is -2.26. The molecule has 0 aliphatic carbocycles. The van der Waals surface area contributed by atoms with Crippen LogP contribution in [0, 0.1) is 6.92 Å². The molecule has 37 heavy (non-hydrogen) atoms. The predicted molar refractivity (Wildman–Crippen MR) is 146 cm³/mol. The summed E-state index contributed by atoms with van der Waals surface area (Å²) in [7, 11) is 3.12. The molecule has 0 atom stereocenters. The molecule has 7 nitrogen and oxygen atoms in total. The molecule has 194 valence electrons. The average Bonchev–Trinajstić information content (AvgIpc) is 3.25. The van der Waals surface area contributed by atoms with Gasteiger partial charge in [0.15, 0.2) is 11.5 Å². The fourth-order valence-electron chi connectivity index (χ4n) is 4.42. The summed E-state index contributed by atoms with van der Waals surface area (Å²) in [6, 6.07) is 19.6. The van der Waals surface area contributed by atoms with Crippen molar-refractivity contribution in [3.8, 4) is 17.2 Å². The van der Waals surface area contributed by atoms with Crippen LogP contribution in [-0.2, 0) is 13.0 Å². The smallest absolute Gasteiger partial charge is 0.251 e. The zero-order chi connectivity index (χ0) is 26.4. The SMILES string of the molecule is COc1ccc(C(=O)NCCc2nc3ccccc3n2CCOc2cc(C)ccc2C(C)C)cc1OC. The van der Waals surface area contributed by atoms with Crippen LogP contribution in [0.25, 0.3) is 11.0 Å². The summed E-state index contributed by atoms with van der Waals surface area (Å²) < 4.78 is 19.0. The number of nitrogens with one attached hydrogen (secondary N) is 1. The molecule has 0 unspecified atom stereocenters. The van der Waals surface area contributed by atoms with E-state index in [1.807, 2.05) is 18.2 Å². The first-order valence-electron chi connectivity index (χ1n) is 12.6. The van der Waals surface area contributed by atoms with E-state index in [0.29, 0.717) is 49.1 Å². The van der Waals surface area contributed by atoms with Crippen LogP contribution >= 0.6 is 0 Å². The number of hydrogen-bond donors (Lipinski definition) is 1. The van der Waals surface area contributed by atoms with Crippen molar-refractivity contribution in [2.75, 3.05) is 27.4 Å². The summed E-state index contributed by atoms with van der Waals surface area (Å²) in [6.45, 7) is 8.06. The minimum atomic E-state index is -0.174. The number of benzene rings is 3. The van der Waals surface area contributed by atoms with Gasteiger partial charge < -0.3 is 24.1 Å². The van der Waals surface area contributed by atoms with Crippen molar-refractivity contribution < 1.29 is 19.0 Å². The third-order valence-electron chi connectivity index (χ3n) is 6.38. The molecule has 0 spiro atoms. The number of amides is 1. The second kappa shape index (κ2) is 11.8. The van der Waals surface area contributed by atoms with E-state index >= 15 is 0 Å². The van der Waals surface area contributed by atoms with Gasteiger partial charge in [0.05, 0.1) is 31.8 Å². The van der Waals surface area contributed by atoms with E-state index in [0.717, 1.165) is 22.6 Å². The van der Waals surface area contributed by atoms with Crippen molar-refractivity contribution in [3.05, 3.63) is 83.2 Å². The molecule has 1 aromatic heterocycles. The Labute approximate surface area is 218 Å². The van der Waals surface area contributed by atoms with Crippen LogP contribution in [0.4, 0.5) is 0 Å². The number of para-hydroxylation sites is 2. The fraction of sp³-hybridized carbons (Fsp3) is 0.333. The van der Waals surface area contributed by atoms with E-state index in [4.69, 9.17) is 19.2 Å². The molecule has 0 saturated carbocycles. The molecule has 0 radical (unpaired) electrons. The van der Waals surface area contributed by atoms with Gasteiger partial charge in [-0.05, 0) is 60.4 Å². The number of hydrogen-bond acceptors (Lipinski definition) is 5. The van der Waals surface area contributed by atoms with E-state index < -0.39 is 0 Å². The molecule has 4 rings (SSSR count). The second-order valence-corrected chi connectivity index (χ2v) is 9.29. The summed E-state index contributed by atoms with van der Waals surface area (Å²) in [4.78, 5) is 17.6. The highest BCUT2D eigenvalue weighted by Crippen LogP contribution is 2.28. The normalized spacial score (nSPS) is 11.1. The molecule has 1 N–H and O–H groups in total. The van der Waals surface area contributed by atoms with Gasteiger partial charge in [0, 0.05) is 18.5 Å². The molecule has 0 fully saturated rings. The molecule has 0 aliphatic heterocycles. The van der Waals surface area contributed by atoms with Crippen LogP contribution in [0.1, 0.15) is 47.1 Å². The first kappa shape index (κ1) is 26.1. The second-order valence-electron chi connectivity index (χ2n) is 9.29. The van der Waals surface area contributed by atoms with Crippen molar-refractivity contribution in [2.45, 2.75) is 39.7 Å². The third-order valence-corrected chi connectivity index (χ3v) is 6.38. The maximum Gasteiger partial charge on any atom is 0.251 e. The number of aryl methyl sites for hydroxylation is 1. The Balaban J connectivity index is 1.44. The van der Waals surface area contributed by atoms with Crippen LogP contribution in [0.2, 0.25) is 0 Å². The van der Waals surface area contributed by atoms with Gasteiger partial charge >= 0.3 is 0 Å². The first-order valence-corrected chi connectivity index (χ1v) is 12.6. The molecule has 0 bridgehead atoms. The van der Waals surface area contributed by atoms with Gasteiger partial charge in [-0.1, -0.05) is 38.1 Å². The summed E-state index contributed by atoms with van der Waals surface area (Å²) >= 11 is 0. The largest absolute Gasteiger partial charge is 0.493 e. The monoisotopic (exact) mass is 501 g/mol. The molecule has 0 aliphatic rings. The molecule has 4 aromatic rings. The zero-order valence-corrected chi connectivity index (χ0v) is 22.2. The van der Waals surface area contributed by atoms with E-state index in [2.05, 4.69) is 54.9 Å². The number of imidazole rings is 1. The Morgan fingerprint density at radius 1 is 0.973 bits per heavy atom. The molecule has 1 amide bonds. The summed E-state index contributed by atoms with van der Waals surface area (Å²) in [6.07, 6.45) is 0.593. The van der Waals surface area contributed by atoms with Gasteiger partial charge in [0.2, 0.25) is 0 Å². The Hall–Kier alpha value is -4.00. The van der Waals surface area contributed by atoms with Crippen molar-refractivity contribution >= 4 is 16.9 Å². The van der Waals surface area contributed by atoms with Crippen molar-refractivity contribution in [1.82, 2.24) is 14.9 Å². The van der Waals surface area contributed by atoms with Crippen LogP contribution in [0.5, 0.6) is 17.2 Å². The van der Waals surface area contributed by atoms with Gasteiger partial charge in [-0.2, -0.15) is 0 Å². The Bertz CT molecular complexity index is 1380. The van der Waals surface area contributed by atoms with Crippen LogP contribution in [0.3, 0.4) is 0 Å². The van der Waals surface area contributed by atoms with Gasteiger partial charge in [-0.3, -0.25) is 4.79 Å². The highest BCUT2D eigenvalue weighted by atomic mass is 16.5. The number of aromatic nitrogens is 2. The molecular weight excluding hydrogens is 466 g/mol. The minimum absolute atomic E-state index is 0.174. The number of methoxy groups -OCH3 is 2. The van der Waals surface area contributed by atoms with E-state index in [1.165, 1.54) is 11.1 Å². The lowest BCUT2D eigenvalue weighted by atomic mass is 10.0. The number of ether oxygens (including phenoxy) is 3. The standard InChI is InChI=1S/C30H35N3O4/c1-20(2)23-12-10-21(3)18-27(23)37-17-16-33-25-9-7-6-8-24(25)32-29(33)14-15-31-30(34)22-11-13-26(35-4)28(19-22)36-5/h6-13,18-20H,14-17H2,1-5H3,(H,31,34). The van der Waals surface area contributed by atoms with Crippen LogP contribution in [0.15, 0.2) is 60.7 Å². The molecule has 1 heterocycles. The highest BCUT2D eigenvalue weighted by Gasteiger charge is 2.14. The van der Waals surface area contributed by atoms with Gasteiger partial charge in [0.1, 0.15) is 18.2 Å². The highest BCUT2D eigenvalue weighted by molar-refractivity contribution is 5.94. The summed E-state index contributed by atoms with van der Waals surface area (Å²) in [5.74, 6) is 3.16.